The Kier molecular flexibility index (Phi) is 5.95. The van der Waals surface area contributed by atoms with E-state index in [1.54, 1.807) is 7.05 Å². The number of carbonyl (C=O) groups is 2. The second kappa shape index (κ2) is 8.24. The fraction of sp³-hybridized carbons (Fsp3) is 0.444. The highest BCUT2D eigenvalue weighted by Crippen LogP contribution is 2.27. The van der Waals surface area contributed by atoms with Crippen molar-refractivity contribution < 1.29 is 14.0 Å². The van der Waals surface area contributed by atoms with Crippen LogP contribution in [0.25, 0.3) is 0 Å². The lowest BCUT2D eigenvalue weighted by Gasteiger charge is -2.19. The third-order valence-electron chi connectivity index (χ3n) is 5.04. The largest absolute Gasteiger partial charge is 0.326 e. The SMILES string of the molecule is Cl.Cn1nc(C2CCNCC2)nc1NC(=O)c1cc2c(cc1F)NC(=O)CC2. The van der Waals surface area contributed by atoms with Crippen LogP contribution in [-0.2, 0) is 18.3 Å². The molecule has 0 spiro atoms. The van der Waals surface area contributed by atoms with E-state index in [2.05, 4.69) is 26.0 Å². The van der Waals surface area contributed by atoms with Gasteiger partial charge in [-0.2, -0.15) is 10.1 Å². The van der Waals surface area contributed by atoms with Crippen LogP contribution in [0, 0.1) is 5.82 Å². The molecule has 0 radical (unpaired) electrons. The Hall–Kier alpha value is -2.52. The van der Waals surface area contributed by atoms with Crippen LogP contribution in [0.1, 0.15) is 46.9 Å². The molecule has 3 heterocycles. The van der Waals surface area contributed by atoms with Gasteiger partial charge in [-0.05, 0) is 50.0 Å². The van der Waals surface area contributed by atoms with Gasteiger partial charge in [-0.1, -0.05) is 0 Å². The number of benzene rings is 1. The van der Waals surface area contributed by atoms with Crippen LogP contribution in [0.15, 0.2) is 12.1 Å². The van der Waals surface area contributed by atoms with Gasteiger partial charge in [0.05, 0.1) is 5.56 Å². The first-order valence-corrected chi connectivity index (χ1v) is 9.06. The molecule has 0 aliphatic carbocycles. The van der Waals surface area contributed by atoms with Crippen LogP contribution in [0.2, 0.25) is 0 Å². The Balaban J connectivity index is 0.00000225. The summed E-state index contributed by atoms with van der Waals surface area (Å²) in [7, 11) is 1.70. The second-order valence-corrected chi connectivity index (χ2v) is 6.93. The summed E-state index contributed by atoms with van der Waals surface area (Å²) < 4.78 is 15.9. The average Bonchev–Trinajstić information content (AvgIpc) is 3.02. The number of rotatable bonds is 3. The molecular formula is C18H22ClFN6O2. The van der Waals surface area contributed by atoms with E-state index in [9.17, 15) is 14.0 Å². The molecule has 0 saturated carbocycles. The number of hydrogen-bond acceptors (Lipinski definition) is 5. The lowest BCUT2D eigenvalue weighted by atomic mass is 9.98. The van der Waals surface area contributed by atoms with Gasteiger partial charge in [-0.15, -0.1) is 12.4 Å². The van der Waals surface area contributed by atoms with Crippen molar-refractivity contribution in [3.63, 3.8) is 0 Å². The van der Waals surface area contributed by atoms with Gasteiger partial charge in [0, 0.05) is 25.1 Å². The number of halogens is 2. The van der Waals surface area contributed by atoms with E-state index >= 15 is 0 Å². The highest BCUT2D eigenvalue weighted by atomic mass is 35.5. The number of aromatic nitrogens is 3. The zero-order chi connectivity index (χ0) is 19.0. The molecule has 2 aliphatic rings. The predicted molar refractivity (Wildman–Crippen MR) is 104 cm³/mol. The van der Waals surface area contributed by atoms with Crippen molar-refractivity contribution in [3.8, 4) is 0 Å². The molecule has 2 aliphatic heterocycles. The monoisotopic (exact) mass is 408 g/mol. The van der Waals surface area contributed by atoms with Crippen molar-refractivity contribution in [1.82, 2.24) is 20.1 Å². The molecule has 0 unspecified atom stereocenters. The van der Waals surface area contributed by atoms with Crippen molar-refractivity contribution in [2.24, 2.45) is 7.05 Å². The maximum Gasteiger partial charge on any atom is 0.260 e. The first kappa shape index (κ1) is 20.2. The van der Waals surface area contributed by atoms with E-state index in [1.165, 1.54) is 16.8 Å². The fourth-order valence-electron chi connectivity index (χ4n) is 3.51. The van der Waals surface area contributed by atoms with Crippen molar-refractivity contribution in [3.05, 3.63) is 34.9 Å². The minimum atomic E-state index is -0.686. The van der Waals surface area contributed by atoms with Crippen molar-refractivity contribution in [1.29, 1.82) is 0 Å². The van der Waals surface area contributed by atoms with Gasteiger partial charge in [0.2, 0.25) is 11.9 Å². The van der Waals surface area contributed by atoms with Gasteiger partial charge in [0.1, 0.15) is 5.82 Å². The molecule has 1 saturated heterocycles. The topological polar surface area (TPSA) is 101 Å². The smallest absolute Gasteiger partial charge is 0.260 e. The third kappa shape index (κ3) is 4.00. The van der Waals surface area contributed by atoms with Crippen molar-refractivity contribution in [2.45, 2.75) is 31.6 Å². The van der Waals surface area contributed by atoms with E-state index < -0.39 is 11.7 Å². The molecule has 0 atom stereocenters. The van der Waals surface area contributed by atoms with Crippen LogP contribution >= 0.6 is 12.4 Å². The third-order valence-corrected chi connectivity index (χ3v) is 5.04. The normalized spacial score (nSPS) is 16.7. The molecule has 2 amide bonds. The van der Waals surface area contributed by atoms with Gasteiger partial charge >= 0.3 is 0 Å². The highest BCUT2D eigenvalue weighted by Gasteiger charge is 2.24. The standard InChI is InChI=1S/C18H21FN6O2.ClH/c1-25-18(22-16(24-25)10-4-6-20-7-5-10)23-17(27)12-8-11-2-3-15(26)21-14(11)9-13(12)19;/h8-10,20H,2-7H2,1H3,(H,21,26)(H,22,23,24,27);1H. The van der Waals surface area contributed by atoms with Gasteiger partial charge in [0.15, 0.2) is 5.82 Å². The molecule has 28 heavy (non-hydrogen) atoms. The molecule has 0 bridgehead atoms. The Morgan fingerprint density at radius 1 is 1.29 bits per heavy atom. The van der Waals surface area contributed by atoms with Crippen LogP contribution in [0.3, 0.4) is 0 Å². The number of piperidine rings is 1. The number of anilines is 2. The number of amides is 2. The lowest BCUT2D eigenvalue weighted by molar-refractivity contribution is -0.116. The first-order chi connectivity index (χ1) is 13.0. The Labute approximate surface area is 167 Å². The predicted octanol–water partition coefficient (Wildman–Crippen LogP) is 1.98. The number of hydrogen-bond donors (Lipinski definition) is 3. The highest BCUT2D eigenvalue weighted by molar-refractivity contribution is 6.04. The molecule has 1 aromatic heterocycles. The Morgan fingerprint density at radius 2 is 2.04 bits per heavy atom. The van der Waals surface area contributed by atoms with Gasteiger partial charge in [-0.3, -0.25) is 14.9 Å². The van der Waals surface area contributed by atoms with Gasteiger partial charge in [0.25, 0.3) is 5.91 Å². The number of fused-ring (bicyclic) bond motifs is 1. The van der Waals surface area contributed by atoms with E-state index in [4.69, 9.17) is 0 Å². The summed E-state index contributed by atoms with van der Waals surface area (Å²) in [6.45, 7) is 1.84. The fourth-order valence-corrected chi connectivity index (χ4v) is 3.51. The summed E-state index contributed by atoms with van der Waals surface area (Å²) in [6.07, 6.45) is 2.69. The lowest BCUT2D eigenvalue weighted by Crippen LogP contribution is -2.27. The maximum atomic E-state index is 14.4. The zero-order valence-electron chi connectivity index (χ0n) is 15.4. The molecule has 10 heteroatoms. The van der Waals surface area contributed by atoms with Gasteiger partial charge < -0.3 is 10.6 Å². The van der Waals surface area contributed by atoms with E-state index in [-0.39, 0.29) is 29.8 Å². The second-order valence-electron chi connectivity index (χ2n) is 6.93. The van der Waals surface area contributed by atoms with Crippen molar-refractivity contribution in [2.75, 3.05) is 23.7 Å². The zero-order valence-corrected chi connectivity index (χ0v) is 16.2. The van der Waals surface area contributed by atoms with E-state index in [0.717, 1.165) is 31.5 Å². The summed E-state index contributed by atoms with van der Waals surface area (Å²) >= 11 is 0. The summed E-state index contributed by atoms with van der Waals surface area (Å²) in [5.41, 5.74) is 1.10. The molecule has 1 aromatic carbocycles. The summed E-state index contributed by atoms with van der Waals surface area (Å²) in [5, 5.41) is 13.0. The van der Waals surface area contributed by atoms with E-state index in [1.807, 2.05) is 0 Å². The number of nitrogens with one attached hydrogen (secondary N) is 3. The molecule has 150 valence electrons. The number of carbonyl (C=O) groups excluding carboxylic acids is 2. The summed E-state index contributed by atoms with van der Waals surface area (Å²) in [5.74, 6) is -0.175. The van der Waals surface area contributed by atoms with Crippen LogP contribution in [-0.4, -0.2) is 39.7 Å². The summed E-state index contributed by atoms with van der Waals surface area (Å²) in [4.78, 5) is 28.5. The first-order valence-electron chi connectivity index (χ1n) is 9.06. The molecule has 3 N–H and O–H groups in total. The van der Waals surface area contributed by atoms with Crippen molar-refractivity contribution >= 4 is 35.9 Å². The molecular weight excluding hydrogens is 387 g/mol. The minimum absolute atomic E-state index is 0. The van der Waals surface area contributed by atoms with Gasteiger partial charge in [-0.25, -0.2) is 9.07 Å². The average molecular weight is 409 g/mol. The molecule has 4 rings (SSSR count). The van der Waals surface area contributed by atoms with E-state index in [0.29, 0.717) is 30.3 Å². The Morgan fingerprint density at radius 3 is 2.79 bits per heavy atom. The van der Waals surface area contributed by atoms with Crippen LogP contribution in [0.4, 0.5) is 16.0 Å². The molecule has 1 fully saturated rings. The maximum absolute atomic E-state index is 14.4. The van der Waals surface area contributed by atoms with Crippen LogP contribution < -0.4 is 16.0 Å². The molecule has 8 nitrogen and oxygen atoms in total. The van der Waals surface area contributed by atoms with Crippen LogP contribution in [0.5, 0.6) is 0 Å². The quantitative estimate of drug-likeness (QED) is 0.721. The number of nitrogens with zero attached hydrogens (tertiary/aromatic N) is 3. The minimum Gasteiger partial charge on any atom is -0.326 e. The number of aryl methyl sites for hydroxylation is 2. The molecule has 2 aromatic rings. The summed E-state index contributed by atoms with van der Waals surface area (Å²) in [6, 6.07) is 2.68. The Bertz CT molecular complexity index is 910.